The Morgan fingerprint density at radius 3 is 2.29 bits per heavy atom. The third kappa shape index (κ3) is 2.05. The van der Waals surface area contributed by atoms with E-state index in [-0.39, 0.29) is 5.69 Å². The second-order valence-electron chi connectivity index (χ2n) is 3.24. The van der Waals surface area contributed by atoms with Crippen molar-refractivity contribution in [2.75, 3.05) is 0 Å². The fourth-order valence-corrected chi connectivity index (χ4v) is 1.27. The van der Waals surface area contributed by atoms with Crippen LogP contribution < -0.4 is 0 Å². The molecule has 1 nitrogen and oxygen atoms in total. The highest BCUT2D eigenvalue weighted by Gasteiger charge is 2.33. The molecule has 0 bridgehead atoms. The predicted octanol–water partition coefficient (Wildman–Crippen LogP) is 3.28. The number of hydrogen-bond donors (Lipinski definition) is 0. The van der Waals surface area contributed by atoms with Gasteiger partial charge in [-0.25, -0.2) is 0 Å². The SMILES string of the molecule is CCc1nc(C)c(C)cc1C(F)(F)F. The molecule has 0 fully saturated rings. The van der Waals surface area contributed by atoms with Crippen molar-refractivity contribution in [3.8, 4) is 0 Å². The summed E-state index contributed by atoms with van der Waals surface area (Å²) in [6.45, 7) is 5.03. The van der Waals surface area contributed by atoms with Gasteiger partial charge in [-0.2, -0.15) is 13.2 Å². The van der Waals surface area contributed by atoms with Crippen LogP contribution in [-0.2, 0) is 12.6 Å². The molecule has 0 N–H and O–H groups in total. The molecule has 4 heteroatoms. The molecule has 0 aliphatic rings. The molecule has 1 aromatic rings. The van der Waals surface area contributed by atoms with Crippen molar-refractivity contribution in [3.63, 3.8) is 0 Å². The highest BCUT2D eigenvalue weighted by atomic mass is 19.4. The second kappa shape index (κ2) is 3.59. The van der Waals surface area contributed by atoms with Crippen molar-refractivity contribution in [2.24, 2.45) is 0 Å². The lowest BCUT2D eigenvalue weighted by Gasteiger charge is -2.13. The van der Waals surface area contributed by atoms with Crippen LogP contribution in [-0.4, -0.2) is 4.98 Å². The van der Waals surface area contributed by atoms with E-state index < -0.39 is 11.7 Å². The van der Waals surface area contributed by atoms with Crippen molar-refractivity contribution in [1.82, 2.24) is 4.98 Å². The third-order valence-corrected chi connectivity index (χ3v) is 2.19. The van der Waals surface area contributed by atoms with E-state index in [9.17, 15) is 13.2 Å². The molecule has 0 radical (unpaired) electrons. The molecule has 1 aromatic heterocycles. The summed E-state index contributed by atoms with van der Waals surface area (Å²) in [6.07, 6.45) is -3.99. The molecule has 14 heavy (non-hydrogen) atoms. The Morgan fingerprint density at radius 2 is 1.86 bits per heavy atom. The van der Waals surface area contributed by atoms with Gasteiger partial charge in [0.05, 0.1) is 11.3 Å². The van der Waals surface area contributed by atoms with Gasteiger partial charge in [0.1, 0.15) is 0 Å². The van der Waals surface area contributed by atoms with E-state index in [2.05, 4.69) is 4.98 Å². The number of halogens is 3. The largest absolute Gasteiger partial charge is 0.418 e. The van der Waals surface area contributed by atoms with E-state index in [4.69, 9.17) is 0 Å². The molecule has 0 saturated carbocycles. The van der Waals surface area contributed by atoms with E-state index in [1.807, 2.05) is 0 Å². The van der Waals surface area contributed by atoms with Gasteiger partial charge in [-0.05, 0) is 31.9 Å². The van der Waals surface area contributed by atoms with Gasteiger partial charge in [0, 0.05) is 5.69 Å². The third-order valence-electron chi connectivity index (χ3n) is 2.19. The molecule has 0 unspecified atom stereocenters. The van der Waals surface area contributed by atoms with Gasteiger partial charge in [-0.1, -0.05) is 6.92 Å². The summed E-state index contributed by atoms with van der Waals surface area (Å²) in [5.41, 5.74) is 0.757. The summed E-state index contributed by atoms with van der Waals surface area (Å²) in [5.74, 6) is 0. The molecule has 1 heterocycles. The second-order valence-corrected chi connectivity index (χ2v) is 3.24. The molecule has 0 atom stereocenters. The van der Waals surface area contributed by atoms with Crippen LogP contribution in [0.1, 0.15) is 29.4 Å². The van der Waals surface area contributed by atoms with Gasteiger partial charge in [-0.15, -0.1) is 0 Å². The number of aromatic nitrogens is 1. The summed E-state index contributed by atoms with van der Waals surface area (Å²) < 4.78 is 37.5. The molecule has 0 amide bonds. The first-order valence-electron chi connectivity index (χ1n) is 4.40. The van der Waals surface area contributed by atoms with Gasteiger partial charge < -0.3 is 0 Å². The molecule has 0 aliphatic carbocycles. The Bertz CT molecular complexity index is 342. The lowest BCUT2D eigenvalue weighted by molar-refractivity contribution is -0.138. The Balaban J connectivity index is 3.35. The van der Waals surface area contributed by atoms with Crippen LogP contribution >= 0.6 is 0 Å². The number of nitrogens with zero attached hydrogens (tertiary/aromatic N) is 1. The van der Waals surface area contributed by atoms with Gasteiger partial charge >= 0.3 is 6.18 Å². The zero-order chi connectivity index (χ0) is 10.9. The quantitative estimate of drug-likeness (QED) is 0.682. The number of rotatable bonds is 1. The van der Waals surface area contributed by atoms with E-state index in [0.29, 0.717) is 17.7 Å². The first-order chi connectivity index (χ1) is 6.36. The Morgan fingerprint density at radius 1 is 1.29 bits per heavy atom. The number of pyridine rings is 1. The molecular weight excluding hydrogens is 191 g/mol. The summed E-state index contributed by atoms with van der Waals surface area (Å²) in [6, 6.07) is 1.17. The minimum Gasteiger partial charge on any atom is -0.257 e. The lowest BCUT2D eigenvalue weighted by atomic mass is 10.1. The topological polar surface area (TPSA) is 12.9 Å². The van der Waals surface area contributed by atoms with Crippen LogP contribution in [0, 0.1) is 13.8 Å². The van der Waals surface area contributed by atoms with E-state index in [0.717, 1.165) is 0 Å². The first kappa shape index (κ1) is 11.0. The minimum atomic E-state index is -4.29. The summed E-state index contributed by atoms with van der Waals surface area (Å²) in [5, 5.41) is 0. The monoisotopic (exact) mass is 203 g/mol. The average Bonchev–Trinajstić information content (AvgIpc) is 2.07. The highest BCUT2D eigenvalue weighted by Crippen LogP contribution is 2.32. The van der Waals surface area contributed by atoms with Crippen molar-refractivity contribution >= 4 is 0 Å². The Kier molecular flexibility index (Phi) is 2.83. The number of alkyl halides is 3. The molecule has 78 valence electrons. The Hall–Kier alpha value is -1.06. The summed E-state index contributed by atoms with van der Waals surface area (Å²) >= 11 is 0. The van der Waals surface area contributed by atoms with Gasteiger partial charge in [-0.3, -0.25) is 4.98 Å². The fraction of sp³-hybridized carbons (Fsp3) is 0.500. The fourth-order valence-electron chi connectivity index (χ4n) is 1.27. The molecule has 0 aromatic carbocycles. The summed E-state index contributed by atoms with van der Waals surface area (Å²) in [7, 11) is 0. The predicted molar refractivity (Wildman–Crippen MR) is 48.1 cm³/mol. The van der Waals surface area contributed by atoms with E-state index in [1.165, 1.54) is 6.07 Å². The zero-order valence-corrected chi connectivity index (χ0v) is 8.37. The van der Waals surface area contributed by atoms with Crippen molar-refractivity contribution in [3.05, 3.63) is 28.6 Å². The van der Waals surface area contributed by atoms with Crippen LogP contribution in [0.25, 0.3) is 0 Å². The lowest BCUT2D eigenvalue weighted by Crippen LogP contribution is -2.12. The smallest absolute Gasteiger partial charge is 0.257 e. The van der Waals surface area contributed by atoms with Crippen molar-refractivity contribution < 1.29 is 13.2 Å². The maximum Gasteiger partial charge on any atom is 0.418 e. The van der Waals surface area contributed by atoms with Crippen LogP contribution in [0.3, 0.4) is 0 Å². The molecule has 1 rings (SSSR count). The van der Waals surface area contributed by atoms with Gasteiger partial charge in [0.25, 0.3) is 0 Å². The maximum atomic E-state index is 12.5. The average molecular weight is 203 g/mol. The van der Waals surface area contributed by atoms with Crippen molar-refractivity contribution in [2.45, 2.75) is 33.4 Å². The zero-order valence-electron chi connectivity index (χ0n) is 8.37. The first-order valence-corrected chi connectivity index (χ1v) is 4.40. The van der Waals surface area contributed by atoms with Crippen LogP contribution in [0.15, 0.2) is 6.07 Å². The molecular formula is C10H12F3N. The molecule has 0 saturated heterocycles. The Labute approximate surface area is 81.0 Å². The van der Waals surface area contributed by atoms with Crippen LogP contribution in [0.5, 0.6) is 0 Å². The van der Waals surface area contributed by atoms with Crippen molar-refractivity contribution in [1.29, 1.82) is 0 Å². The molecule has 0 aliphatic heterocycles. The molecule has 0 spiro atoms. The number of hydrogen-bond acceptors (Lipinski definition) is 1. The number of aryl methyl sites for hydroxylation is 3. The van der Waals surface area contributed by atoms with Crippen LogP contribution in [0.2, 0.25) is 0 Å². The van der Waals surface area contributed by atoms with E-state index >= 15 is 0 Å². The normalized spacial score (nSPS) is 11.9. The van der Waals surface area contributed by atoms with Gasteiger partial charge in [0.2, 0.25) is 0 Å². The maximum absolute atomic E-state index is 12.5. The van der Waals surface area contributed by atoms with Crippen LogP contribution in [0.4, 0.5) is 13.2 Å². The van der Waals surface area contributed by atoms with Gasteiger partial charge in [0.15, 0.2) is 0 Å². The minimum absolute atomic E-state index is 0.126. The highest BCUT2D eigenvalue weighted by molar-refractivity contribution is 5.31. The standard InChI is InChI=1S/C10H12F3N/c1-4-9-8(10(11,12)13)5-6(2)7(3)14-9/h5H,4H2,1-3H3. The van der Waals surface area contributed by atoms with E-state index in [1.54, 1.807) is 20.8 Å². The summed E-state index contributed by atoms with van der Waals surface area (Å²) in [4.78, 5) is 3.94.